The zero-order valence-corrected chi connectivity index (χ0v) is 17.9. The molecule has 2 aromatic carbocycles. The van der Waals surface area contributed by atoms with E-state index in [-0.39, 0.29) is 11.9 Å². The Labute approximate surface area is 182 Å². The van der Waals surface area contributed by atoms with Gasteiger partial charge in [0, 0.05) is 13.1 Å². The second kappa shape index (κ2) is 8.68. The van der Waals surface area contributed by atoms with Crippen LogP contribution >= 0.6 is 0 Å². The van der Waals surface area contributed by atoms with E-state index < -0.39 is 6.04 Å². The lowest BCUT2D eigenvalue weighted by atomic mass is 9.95. The molecule has 1 atom stereocenters. The van der Waals surface area contributed by atoms with E-state index >= 15 is 0 Å². The van der Waals surface area contributed by atoms with Crippen molar-refractivity contribution < 1.29 is 14.3 Å². The average molecular weight is 418 g/mol. The number of benzene rings is 2. The molecule has 0 aliphatic carbocycles. The van der Waals surface area contributed by atoms with E-state index in [1.807, 2.05) is 59.5 Å². The van der Waals surface area contributed by atoms with Crippen molar-refractivity contribution in [1.29, 1.82) is 0 Å². The van der Waals surface area contributed by atoms with Gasteiger partial charge >= 0.3 is 6.03 Å². The Kier molecular flexibility index (Phi) is 5.80. The van der Waals surface area contributed by atoms with Crippen LogP contribution in [0.15, 0.2) is 78.5 Å². The molecule has 0 saturated carbocycles. The summed E-state index contributed by atoms with van der Waals surface area (Å²) in [7, 11) is 0. The number of hydrogen-bond donors (Lipinski definition) is 1. The quantitative estimate of drug-likeness (QED) is 0.676. The molecule has 0 aromatic heterocycles. The number of carbonyl (C=O) groups excluding carboxylic acids is 2. The number of amides is 3. The summed E-state index contributed by atoms with van der Waals surface area (Å²) in [5, 5.41) is 3.01. The molecule has 3 amide bonds. The third-order valence-electron chi connectivity index (χ3n) is 5.36. The Balaban J connectivity index is 1.69. The lowest BCUT2D eigenvalue weighted by molar-refractivity contribution is -0.126. The molecule has 0 fully saturated rings. The first-order valence-corrected chi connectivity index (χ1v) is 10.5. The Morgan fingerprint density at radius 2 is 1.87 bits per heavy atom. The predicted octanol–water partition coefficient (Wildman–Crippen LogP) is 4.48. The minimum atomic E-state index is -0.521. The van der Waals surface area contributed by atoms with Crippen molar-refractivity contribution in [1.82, 2.24) is 15.1 Å². The van der Waals surface area contributed by atoms with Crippen LogP contribution in [-0.4, -0.2) is 41.4 Å². The standard InChI is InChI=1S/C25H27N3O3/c1-4-13-28-21-16-27(15-17(2)3)24(29)22(21)23(26-25(28)30)18-9-8-12-20(14-18)31-19-10-6-5-7-11-19/h4-12,14,17,23H,1,13,15-16H2,2-3H3,(H,26,30)/t23-/m0/s1. The van der Waals surface area contributed by atoms with Crippen LogP contribution in [0, 0.1) is 5.92 Å². The molecule has 0 spiro atoms. The summed E-state index contributed by atoms with van der Waals surface area (Å²) in [4.78, 5) is 29.7. The molecule has 2 aromatic rings. The van der Waals surface area contributed by atoms with Crippen molar-refractivity contribution in [3.05, 3.63) is 84.1 Å². The maximum atomic E-state index is 13.3. The molecular formula is C25H27N3O3. The molecule has 4 rings (SSSR count). The predicted molar refractivity (Wildman–Crippen MR) is 120 cm³/mol. The van der Waals surface area contributed by atoms with Crippen molar-refractivity contribution in [2.75, 3.05) is 19.6 Å². The SMILES string of the molecule is C=CCN1C(=O)N[C@@H](c2cccc(Oc3ccccc3)c2)C2=C1CN(CC(C)C)C2=O. The lowest BCUT2D eigenvalue weighted by Crippen LogP contribution is -2.47. The minimum Gasteiger partial charge on any atom is -0.457 e. The van der Waals surface area contributed by atoms with Crippen LogP contribution in [0.4, 0.5) is 4.79 Å². The summed E-state index contributed by atoms with van der Waals surface area (Å²) in [5.41, 5.74) is 2.19. The molecule has 0 radical (unpaired) electrons. The smallest absolute Gasteiger partial charge is 0.322 e. The second-order valence-electron chi connectivity index (χ2n) is 8.21. The topological polar surface area (TPSA) is 61.9 Å². The first kappa shape index (κ1) is 20.7. The minimum absolute atomic E-state index is 0.0304. The first-order valence-electron chi connectivity index (χ1n) is 10.5. The van der Waals surface area contributed by atoms with Crippen molar-refractivity contribution in [2.45, 2.75) is 19.9 Å². The van der Waals surface area contributed by atoms with Gasteiger partial charge in [0.05, 0.1) is 23.9 Å². The van der Waals surface area contributed by atoms with Gasteiger partial charge in [-0.3, -0.25) is 9.69 Å². The molecule has 160 valence electrons. The lowest BCUT2D eigenvalue weighted by Gasteiger charge is -2.33. The molecule has 0 saturated heterocycles. The Hall–Kier alpha value is -3.54. The van der Waals surface area contributed by atoms with Gasteiger partial charge in [-0.05, 0) is 35.7 Å². The number of carbonyl (C=O) groups is 2. The van der Waals surface area contributed by atoms with Crippen molar-refractivity contribution >= 4 is 11.9 Å². The van der Waals surface area contributed by atoms with E-state index in [4.69, 9.17) is 4.74 Å². The number of urea groups is 1. The maximum Gasteiger partial charge on any atom is 0.322 e. The van der Waals surface area contributed by atoms with Crippen LogP contribution in [0.25, 0.3) is 0 Å². The van der Waals surface area contributed by atoms with Gasteiger partial charge in [-0.15, -0.1) is 6.58 Å². The number of rotatable bonds is 7. The monoisotopic (exact) mass is 417 g/mol. The van der Waals surface area contributed by atoms with Crippen molar-refractivity contribution in [3.8, 4) is 11.5 Å². The van der Waals surface area contributed by atoms with E-state index in [1.54, 1.807) is 11.0 Å². The number of nitrogens with one attached hydrogen (secondary N) is 1. The molecule has 2 aliphatic heterocycles. The molecular weight excluding hydrogens is 390 g/mol. The first-order chi connectivity index (χ1) is 15.0. The van der Waals surface area contributed by atoms with Crippen LogP contribution in [0.1, 0.15) is 25.5 Å². The highest BCUT2D eigenvalue weighted by Crippen LogP contribution is 2.37. The van der Waals surface area contributed by atoms with Gasteiger partial charge in [0.25, 0.3) is 5.91 Å². The molecule has 6 nitrogen and oxygen atoms in total. The molecule has 31 heavy (non-hydrogen) atoms. The maximum absolute atomic E-state index is 13.3. The fourth-order valence-electron chi connectivity index (χ4n) is 4.09. The van der Waals surface area contributed by atoms with E-state index in [1.165, 1.54) is 0 Å². The third kappa shape index (κ3) is 4.19. The summed E-state index contributed by atoms with van der Waals surface area (Å²) in [6.07, 6.45) is 1.68. The molecule has 1 N–H and O–H groups in total. The van der Waals surface area contributed by atoms with Crippen molar-refractivity contribution in [3.63, 3.8) is 0 Å². The number of ether oxygens (including phenoxy) is 1. The van der Waals surface area contributed by atoms with Crippen LogP contribution in [-0.2, 0) is 4.79 Å². The Morgan fingerprint density at radius 3 is 2.58 bits per heavy atom. The highest BCUT2D eigenvalue weighted by atomic mass is 16.5. The third-order valence-corrected chi connectivity index (χ3v) is 5.36. The summed E-state index contributed by atoms with van der Waals surface area (Å²) < 4.78 is 5.96. The summed E-state index contributed by atoms with van der Waals surface area (Å²) in [6.45, 7) is 9.36. The number of para-hydroxylation sites is 1. The summed E-state index contributed by atoms with van der Waals surface area (Å²) in [6, 6.07) is 16.3. The van der Waals surface area contributed by atoms with E-state index in [2.05, 4.69) is 25.7 Å². The largest absolute Gasteiger partial charge is 0.457 e. The number of nitrogens with zero attached hydrogens (tertiary/aromatic N) is 2. The van der Waals surface area contributed by atoms with Gasteiger partial charge in [-0.1, -0.05) is 50.3 Å². The normalized spacial score (nSPS) is 18.4. The molecule has 0 unspecified atom stereocenters. The van der Waals surface area contributed by atoms with Crippen LogP contribution in [0.5, 0.6) is 11.5 Å². The van der Waals surface area contributed by atoms with Crippen LogP contribution in [0.2, 0.25) is 0 Å². The average Bonchev–Trinajstić information content (AvgIpc) is 3.06. The zero-order valence-electron chi connectivity index (χ0n) is 17.9. The van der Waals surface area contributed by atoms with E-state index in [0.717, 1.165) is 17.0 Å². The Morgan fingerprint density at radius 1 is 1.13 bits per heavy atom. The molecule has 0 bridgehead atoms. The fraction of sp³-hybridized carbons (Fsp3) is 0.280. The van der Waals surface area contributed by atoms with Gasteiger partial charge in [-0.25, -0.2) is 4.79 Å². The zero-order chi connectivity index (χ0) is 22.0. The molecule has 6 heteroatoms. The van der Waals surface area contributed by atoms with E-state index in [9.17, 15) is 9.59 Å². The van der Waals surface area contributed by atoms with Crippen LogP contribution in [0.3, 0.4) is 0 Å². The highest BCUT2D eigenvalue weighted by molar-refractivity contribution is 6.01. The van der Waals surface area contributed by atoms with Crippen molar-refractivity contribution in [2.24, 2.45) is 5.92 Å². The van der Waals surface area contributed by atoms with Gasteiger partial charge in [0.2, 0.25) is 0 Å². The van der Waals surface area contributed by atoms with Crippen LogP contribution < -0.4 is 10.1 Å². The fourth-order valence-corrected chi connectivity index (χ4v) is 4.09. The highest BCUT2D eigenvalue weighted by Gasteiger charge is 2.43. The number of hydrogen-bond acceptors (Lipinski definition) is 3. The van der Waals surface area contributed by atoms with Gasteiger partial charge in [0.1, 0.15) is 11.5 Å². The van der Waals surface area contributed by atoms with Gasteiger partial charge < -0.3 is 15.0 Å². The van der Waals surface area contributed by atoms with E-state index in [0.29, 0.717) is 36.9 Å². The summed E-state index contributed by atoms with van der Waals surface area (Å²) >= 11 is 0. The second-order valence-corrected chi connectivity index (χ2v) is 8.21. The van der Waals surface area contributed by atoms with Gasteiger partial charge in [-0.2, -0.15) is 0 Å². The van der Waals surface area contributed by atoms with Gasteiger partial charge in [0.15, 0.2) is 0 Å². The molecule has 2 heterocycles. The molecule has 2 aliphatic rings. The Bertz CT molecular complexity index is 1030. The summed E-state index contributed by atoms with van der Waals surface area (Å²) in [5.74, 6) is 1.68.